The minimum absolute atomic E-state index is 0.0103. The van der Waals surface area contributed by atoms with Gasteiger partial charge in [0.1, 0.15) is 25.5 Å². The Labute approximate surface area is 191 Å². The van der Waals surface area contributed by atoms with Gasteiger partial charge in [-0.05, 0) is 29.2 Å². The van der Waals surface area contributed by atoms with Crippen LogP contribution in [0.5, 0.6) is 0 Å². The summed E-state index contributed by atoms with van der Waals surface area (Å²) in [5, 5.41) is 16.2. The van der Waals surface area contributed by atoms with Crippen LogP contribution in [0.2, 0.25) is 0 Å². The molecule has 2 N–H and O–H groups in total. The van der Waals surface area contributed by atoms with Crippen LogP contribution in [0.3, 0.4) is 0 Å². The van der Waals surface area contributed by atoms with E-state index in [0.717, 1.165) is 6.20 Å². The molecule has 1 unspecified atom stereocenters. The van der Waals surface area contributed by atoms with Gasteiger partial charge in [0.2, 0.25) is 3.79 Å². The third kappa shape index (κ3) is 6.88. The number of hydrogen-bond acceptors (Lipinski definition) is 8. The third-order valence-corrected chi connectivity index (χ3v) is 4.63. The van der Waals surface area contributed by atoms with E-state index in [9.17, 15) is 19.7 Å². The Hall–Kier alpha value is -2.76. The number of aromatic nitrogens is 2. The highest BCUT2D eigenvalue weighted by Crippen LogP contribution is 2.31. The number of halogens is 3. The number of methoxy groups -OCH3 is 1. The highest BCUT2D eigenvalue weighted by atomic mass is 35.6. The molecule has 0 radical (unpaired) electrons. The van der Waals surface area contributed by atoms with E-state index in [1.807, 2.05) is 0 Å². The molecule has 1 heterocycles. The Morgan fingerprint density at radius 1 is 1.29 bits per heavy atom. The van der Waals surface area contributed by atoms with E-state index >= 15 is 0 Å². The van der Waals surface area contributed by atoms with Crippen molar-refractivity contribution in [1.82, 2.24) is 14.9 Å². The fraction of sp³-hybridized carbons (Fsp3) is 0.353. The van der Waals surface area contributed by atoms with Crippen molar-refractivity contribution in [1.29, 1.82) is 0 Å². The van der Waals surface area contributed by atoms with Gasteiger partial charge in [-0.3, -0.25) is 5.32 Å². The molecule has 14 heteroatoms. The van der Waals surface area contributed by atoms with E-state index in [1.165, 1.54) is 35.9 Å². The molecule has 0 saturated carbocycles. The summed E-state index contributed by atoms with van der Waals surface area (Å²) in [6.07, 6.45) is -1.00. The predicted octanol–water partition coefficient (Wildman–Crippen LogP) is 3.42. The molecule has 0 saturated heterocycles. The minimum atomic E-state index is -1.96. The van der Waals surface area contributed by atoms with Gasteiger partial charge in [-0.1, -0.05) is 34.8 Å². The van der Waals surface area contributed by atoms with E-state index in [2.05, 4.69) is 20.4 Å². The van der Waals surface area contributed by atoms with Crippen LogP contribution >= 0.6 is 34.8 Å². The summed E-state index contributed by atoms with van der Waals surface area (Å²) in [5.74, 6) is -0.343. The zero-order chi connectivity index (χ0) is 23.2. The fourth-order valence-electron chi connectivity index (χ4n) is 2.45. The molecular weight excluding hydrogens is 477 g/mol. The second kappa shape index (κ2) is 10.5. The smallest absolute Gasteiger partial charge is 0.409 e. The van der Waals surface area contributed by atoms with Gasteiger partial charge in [-0.15, -0.1) is 0 Å². The number of ether oxygens (including phenoxy) is 2. The molecule has 11 nitrogen and oxygen atoms in total. The molecular formula is C17H18Cl3N5O6. The first-order valence-electron chi connectivity index (χ1n) is 8.64. The molecule has 168 valence electrons. The van der Waals surface area contributed by atoms with E-state index in [-0.39, 0.29) is 19.0 Å². The standard InChI is InChI=1S/C17H18Cl3N5O6/c1-10-21-9-13(25(28)29)24(10)7-8-31-16(27)23-15(17(18,19)20)22-12-5-3-11(4-6-12)14(26)30-2/h3-6,9,15,22H,7-8H2,1-2H3,(H,23,27). The van der Waals surface area contributed by atoms with Crippen molar-refractivity contribution in [3.05, 3.63) is 52.0 Å². The van der Waals surface area contributed by atoms with Crippen LogP contribution in [-0.2, 0) is 16.0 Å². The van der Waals surface area contributed by atoms with Crippen molar-refractivity contribution >= 4 is 58.4 Å². The maximum Gasteiger partial charge on any atom is 0.409 e. The number of imidazole rings is 1. The molecule has 0 aliphatic rings. The van der Waals surface area contributed by atoms with E-state index in [4.69, 9.17) is 39.5 Å². The number of aryl methyl sites for hydroxylation is 1. The number of carbonyl (C=O) groups is 2. The number of nitro groups is 1. The average molecular weight is 495 g/mol. The maximum absolute atomic E-state index is 12.1. The molecule has 31 heavy (non-hydrogen) atoms. The molecule has 1 aromatic carbocycles. The highest BCUT2D eigenvalue weighted by molar-refractivity contribution is 6.68. The van der Waals surface area contributed by atoms with Crippen LogP contribution in [0, 0.1) is 17.0 Å². The number of alkyl carbamates (subject to hydrolysis) is 1. The van der Waals surface area contributed by atoms with Crippen LogP contribution in [-0.4, -0.2) is 50.2 Å². The lowest BCUT2D eigenvalue weighted by molar-refractivity contribution is -0.392. The largest absolute Gasteiger partial charge is 0.465 e. The first-order valence-corrected chi connectivity index (χ1v) is 9.77. The second-order valence-electron chi connectivity index (χ2n) is 6.04. The summed E-state index contributed by atoms with van der Waals surface area (Å²) < 4.78 is 8.99. The summed E-state index contributed by atoms with van der Waals surface area (Å²) >= 11 is 17.8. The number of esters is 1. The molecule has 1 amide bonds. The van der Waals surface area contributed by atoms with Gasteiger partial charge < -0.3 is 24.9 Å². The monoisotopic (exact) mass is 493 g/mol. The van der Waals surface area contributed by atoms with Gasteiger partial charge in [0.15, 0.2) is 5.82 Å². The van der Waals surface area contributed by atoms with Gasteiger partial charge in [0, 0.05) is 12.6 Å². The quantitative estimate of drug-likeness (QED) is 0.187. The van der Waals surface area contributed by atoms with Crippen molar-refractivity contribution in [3.63, 3.8) is 0 Å². The van der Waals surface area contributed by atoms with E-state index in [1.54, 1.807) is 6.92 Å². The van der Waals surface area contributed by atoms with Crippen molar-refractivity contribution < 1.29 is 24.0 Å². The Bertz CT molecular complexity index is 945. The summed E-state index contributed by atoms with van der Waals surface area (Å²) in [6, 6.07) is 6.04. The lowest BCUT2D eigenvalue weighted by atomic mass is 10.2. The zero-order valence-corrected chi connectivity index (χ0v) is 18.6. The third-order valence-electron chi connectivity index (χ3n) is 3.98. The average Bonchev–Trinajstić information content (AvgIpc) is 3.07. The molecule has 0 aliphatic carbocycles. The number of rotatable bonds is 8. The fourth-order valence-corrected chi connectivity index (χ4v) is 2.78. The van der Waals surface area contributed by atoms with Crippen LogP contribution in [0.15, 0.2) is 30.5 Å². The molecule has 2 aromatic rings. The number of hydrogen-bond donors (Lipinski definition) is 2. The van der Waals surface area contributed by atoms with Crippen LogP contribution < -0.4 is 10.6 Å². The van der Waals surface area contributed by atoms with Crippen LogP contribution in [0.1, 0.15) is 16.2 Å². The number of carbonyl (C=O) groups excluding carboxylic acids is 2. The Balaban J connectivity index is 1.96. The van der Waals surface area contributed by atoms with Gasteiger partial charge >= 0.3 is 17.9 Å². The van der Waals surface area contributed by atoms with Crippen molar-refractivity contribution in [2.75, 3.05) is 19.0 Å². The van der Waals surface area contributed by atoms with Gasteiger partial charge in [0.25, 0.3) is 0 Å². The molecule has 0 aliphatic heterocycles. The van der Waals surface area contributed by atoms with Crippen molar-refractivity contribution in [2.45, 2.75) is 23.4 Å². The summed E-state index contributed by atoms with van der Waals surface area (Å²) in [6.45, 7) is 1.40. The van der Waals surface area contributed by atoms with Crippen molar-refractivity contribution in [2.24, 2.45) is 0 Å². The lowest BCUT2D eigenvalue weighted by Gasteiger charge is -2.27. The van der Waals surface area contributed by atoms with Crippen molar-refractivity contribution in [3.8, 4) is 0 Å². The number of amides is 1. The predicted molar refractivity (Wildman–Crippen MR) is 114 cm³/mol. The lowest BCUT2D eigenvalue weighted by Crippen LogP contribution is -2.49. The van der Waals surface area contributed by atoms with Gasteiger partial charge in [0.05, 0.1) is 12.7 Å². The number of nitrogens with zero attached hydrogens (tertiary/aromatic N) is 3. The molecule has 0 bridgehead atoms. The first-order chi connectivity index (χ1) is 14.5. The molecule has 1 aromatic heterocycles. The topological polar surface area (TPSA) is 138 Å². The maximum atomic E-state index is 12.1. The Morgan fingerprint density at radius 2 is 1.94 bits per heavy atom. The second-order valence-corrected chi connectivity index (χ2v) is 8.41. The van der Waals surface area contributed by atoms with Gasteiger partial charge in [-0.25, -0.2) is 19.1 Å². The number of alkyl halides is 3. The Kier molecular flexibility index (Phi) is 8.31. The summed E-state index contributed by atoms with van der Waals surface area (Å²) in [7, 11) is 1.26. The molecule has 2 rings (SSSR count). The molecule has 0 spiro atoms. The summed E-state index contributed by atoms with van der Waals surface area (Å²) in [5.41, 5.74) is 0.753. The van der Waals surface area contributed by atoms with E-state index in [0.29, 0.717) is 17.1 Å². The van der Waals surface area contributed by atoms with Crippen LogP contribution in [0.4, 0.5) is 16.3 Å². The van der Waals surface area contributed by atoms with E-state index < -0.39 is 26.9 Å². The zero-order valence-electron chi connectivity index (χ0n) is 16.3. The minimum Gasteiger partial charge on any atom is -0.465 e. The number of nitrogens with one attached hydrogen (secondary N) is 2. The molecule has 1 atom stereocenters. The molecule has 0 fully saturated rings. The number of anilines is 1. The SMILES string of the molecule is COC(=O)c1ccc(NC(NC(=O)OCCn2c([N+](=O)[O-])cnc2C)C(Cl)(Cl)Cl)cc1. The Morgan fingerprint density at radius 3 is 2.48 bits per heavy atom. The van der Waals surface area contributed by atoms with Gasteiger partial charge in [-0.2, -0.15) is 0 Å². The van der Waals surface area contributed by atoms with Crippen LogP contribution in [0.25, 0.3) is 0 Å². The normalized spacial score (nSPS) is 12.0. The number of benzene rings is 1. The highest BCUT2D eigenvalue weighted by Gasteiger charge is 2.34. The summed E-state index contributed by atoms with van der Waals surface area (Å²) in [4.78, 5) is 37.9. The first kappa shape index (κ1) is 24.5.